The zero-order chi connectivity index (χ0) is 16.2. The standard InChI is InChI=1S/C19H19F2NO/c20-14-10-11-15(17(21)12-14)16-8-4-5-9-18(16)22-19(23)13-6-2-1-3-7-13/h1-3,6-7,10-12,17-18H,4-5,8-9H2,(H,22,23). The first-order valence-corrected chi connectivity index (χ1v) is 7.93. The summed E-state index contributed by atoms with van der Waals surface area (Å²) >= 11 is 0. The molecule has 1 amide bonds. The highest BCUT2D eigenvalue weighted by atomic mass is 19.1. The zero-order valence-corrected chi connectivity index (χ0v) is 12.8. The van der Waals surface area contributed by atoms with Gasteiger partial charge in [-0.3, -0.25) is 4.79 Å². The summed E-state index contributed by atoms with van der Waals surface area (Å²) in [6, 6.07) is 8.79. The summed E-state index contributed by atoms with van der Waals surface area (Å²) in [7, 11) is 0. The Morgan fingerprint density at radius 2 is 1.91 bits per heavy atom. The Balaban J connectivity index is 1.83. The lowest BCUT2D eigenvalue weighted by Gasteiger charge is -2.29. The molecule has 0 spiro atoms. The van der Waals surface area contributed by atoms with Crippen molar-refractivity contribution in [2.24, 2.45) is 0 Å². The summed E-state index contributed by atoms with van der Waals surface area (Å²) in [5, 5.41) is 3.00. The van der Waals surface area contributed by atoms with Gasteiger partial charge < -0.3 is 5.32 Å². The molecular weight excluding hydrogens is 296 g/mol. The van der Waals surface area contributed by atoms with Crippen LogP contribution in [0.15, 0.2) is 65.5 Å². The molecule has 1 aromatic carbocycles. The summed E-state index contributed by atoms with van der Waals surface area (Å²) in [6.07, 6.45) is 5.78. The predicted molar refractivity (Wildman–Crippen MR) is 86.4 cm³/mol. The topological polar surface area (TPSA) is 29.1 Å². The third-order valence-electron chi connectivity index (χ3n) is 4.35. The first-order chi connectivity index (χ1) is 11.1. The molecular formula is C19H19F2NO. The van der Waals surface area contributed by atoms with E-state index in [-0.39, 0.29) is 11.9 Å². The summed E-state index contributed by atoms with van der Waals surface area (Å²) in [5.41, 5.74) is 1.96. The smallest absolute Gasteiger partial charge is 0.251 e. The number of benzene rings is 1. The van der Waals surface area contributed by atoms with Gasteiger partial charge in [0.25, 0.3) is 5.91 Å². The number of carbonyl (C=O) groups is 1. The molecule has 2 nitrogen and oxygen atoms in total. The van der Waals surface area contributed by atoms with Crippen LogP contribution in [0, 0.1) is 0 Å². The fraction of sp³-hybridized carbons (Fsp3) is 0.316. The van der Waals surface area contributed by atoms with E-state index in [0.29, 0.717) is 11.1 Å². The maximum atomic E-state index is 14.2. The van der Waals surface area contributed by atoms with Gasteiger partial charge in [-0.15, -0.1) is 0 Å². The van der Waals surface area contributed by atoms with Crippen molar-refractivity contribution in [1.29, 1.82) is 0 Å². The van der Waals surface area contributed by atoms with Gasteiger partial charge in [0, 0.05) is 5.56 Å². The van der Waals surface area contributed by atoms with E-state index in [2.05, 4.69) is 5.32 Å². The number of halogens is 2. The van der Waals surface area contributed by atoms with Crippen molar-refractivity contribution in [3.63, 3.8) is 0 Å². The SMILES string of the molecule is O=C(NC1CCCCC1=C1C=CC(F)=CC1F)c1ccccc1. The van der Waals surface area contributed by atoms with Gasteiger partial charge in [0.1, 0.15) is 12.0 Å². The van der Waals surface area contributed by atoms with Gasteiger partial charge in [-0.1, -0.05) is 30.7 Å². The number of nitrogens with one attached hydrogen (secondary N) is 1. The molecule has 0 aromatic heterocycles. The summed E-state index contributed by atoms with van der Waals surface area (Å²) in [4.78, 5) is 12.4. The minimum absolute atomic E-state index is 0.160. The monoisotopic (exact) mass is 315 g/mol. The van der Waals surface area contributed by atoms with Crippen LogP contribution in [-0.2, 0) is 0 Å². The molecule has 23 heavy (non-hydrogen) atoms. The van der Waals surface area contributed by atoms with Gasteiger partial charge in [-0.2, -0.15) is 0 Å². The molecule has 4 heteroatoms. The van der Waals surface area contributed by atoms with Crippen LogP contribution in [0.4, 0.5) is 8.78 Å². The average molecular weight is 315 g/mol. The van der Waals surface area contributed by atoms with Crippen LogP contribution in [0.2, 0.25) is 0 Å². The van der Waals surface area contributed by atoms with E-state index in [9.17, 15) is 13.6 Å². The van der Waals surface area contributed by atoms with Crippen molar-refractivity contribution < 1.29 is 13.6 Å². The largest absolute Gasteiger partial charge is 0.346 e. The van der Waals surface area contributed by atoms with Gasteiger partial charge in [0.2, 0.25) is 0 Å². The molecule has 1 aromatic rings. The highest BCUT2D eigenvalue weighted by Crippen LogP contribution is 2.32. The van der Waals surface area contributed by atoms with Crippen molar-refractivity contribution >= 4 is 5.91 Å². The van der Waals surface area contributed by atoms with E-state index >= 15 is 0 Å². The van der Waals surface area contributed by atoms with Crippen LogP contribution in [0.25, 0.3) is 0 Å². The lowest BCUT2D eigenvalue weighted by Crippen LogP contribution is -2.39. The van der Waals surface area contributed by atoms with Crippen molar-refractivity contribution in [1.82, 2.24) is 5.32 Å². The third-order valence-corrected chi connectivity index (χ3v) is 4.35. The van der Waals surface area contributed by atoms with Gasteiger partial charge in [-0.25, -0.2) is 8.78 Å². The van der Waals surface area contributed by atoms with Gasteiger partial charge in [0.05, 0.1) is 6.04 Å². The Hall–Kier alpha value is -2.23. The number of hydrogen-bond donors (Lipinski definition) is 1. The molecule has 120 valence electrons. The fourth-order valence-corrected chi connectivity index (χ4v) is 3.18. The molecule has 2 unspecified atom stereocenters. The summed E-state index contributed by atoms with van der Waals surface area (Å²) in [5.74, 6) is -0.713. The van der Waals surface area contributed by atoms with E-state index in [4.69, 9.17) is 0 Å². The normalized spacial score (nSPS) is 27.5. The Morgan fingerprint density at radius 3 is 2.65 bits per heavy atom. The summed E-state index contributed by atoms with van der Waals surface area (Å²) < 4.78 is 27.3. The minimum Gasteiger partial charge on any atom is -0.346 e. The second kappa shape index (κ2) is 6.90. The van der Waals surface area contributed by atoms with Crippen molar-refractivity contribution in [3.05, 3.63) is 71.1 Å². The van der Waals surface area contributed by atoms with Crippen LogP contribution >= 0.6 is 0 Å². The highest BCUT2D eigenvalue weighted by Gasteiger charge is 2.27. The first-order valence-electron chi connectivity index (χ1n) is 7.93. The van der Waals surface area contributed by atoms with Crippen LogP contribution in [0.5, 0.6) is 0 Å². The van der Waals surface area contributed by atoms with Crippen LogP contribution in [0.3, 0.4) is 0 Å². The second-order valence-electron chi connectivity index (χ2n) is 5.91. The number of carbonyl (C=O) groups excluding carboxylic acids is 1. The van der Waals surface area contributed by atoms with Gasteiger partial charge in [0.15, 0.2) is 0 Å². The number of amides is 1. The minimum atomic E-state index is -1.44. The highest BCUT2D eigenvalue weighted by molar-refractivity contribution is 5.94. The van der Waals surface area contributed by atoms with Crippen molar-refractivity contribution in [2.75, 3.05) is 0 Å². The molecule has 2 atom stereocenters. The molecule has 0 radical (unpaired) electrons. The van der Waals surface area contributed by atoms with Crippen molar-refractivity contribution in [2.45, 2.75) is 37.9 Å². The molecule has 2 aliphatic rings. The Morgan fingerprint density at radius 1 is 1.13 bits per heavy atom. The molecule has 0 bridgehead atoms. The lowest BCUT2D eigenvalue weighted by atomic mass is 9.84. The van der Waals surface area contributed by atoms with Crippen LogP contribution in [0.1, 0.15) is 36.0 Å². The van der Waals surface area contributed by atoms with Crippen LogP contribution in [-0.4, -0.2) is 18.1 Å². The van der Waals surface area contributed by atoms with Crippen LogP contribution < -0.4 is 5.32 Å². The van der Waals surface area contributed by atoms with E-state index < -0.39 is 12.0 Å². The van der Waals surface area contributed by atoms with E-state index in [1.165, 1.54) is 12.2 Å². The first kappa shape index (κ1) is 15.7. The quantitative estimate of drug-likeness (QED) is 0.860. The van der Waals surface area contributed by atoms with E-state index in [1.54, 1.807) is 12.1 Å². The molecule has 3 rings (SSSR count). The average Bonchev–Trinajstić information content (AvgIpc) is 2.56. The van der Waals surface area contributed by atoms with E-state index in [0.717, 1.165) is 37.3 Å². The van der Waals surface area contributed by atoms with Gasteiger partial charge >= 0.3 is 0 Å². The molecule has 0 heterocycles. The molecule has 2 aliphatic carbocycles. The maximum absolute atomic E-state index is 14.2. The number of hydrogen-bond acceptors (Lipinski definition) is 1. The third kappa shape index (κ3) is 3.58. The Bertz CT molecular complexity index is 676. The zero-order valence-electron chi connectivity index (χ0n) is 12.8. The number of allylic oxidation sites excluding steroid dienone is 5. The van der Waals surface area contributed by atoms with Crippen molar-refractivity contribution in [3.8, 4) is 0 Å². The number of alkyl halides is 1. The Kier molecular flexibility index (Phi) is 4.70. The molecule has 1 fully saturated rings. The maximum Gasteiger partial charge on any atom is 0.251 e. The number of rotatable bonds is 2. The molecule has 0 saturated heterocycles. The molecule has 0 aliphatic heterocycles. The Labute approximate surface area is 134 Å². The van der Waals surface area contributed by atoms with Gasteiger partial charge in [-0.05, 0) is 54.7 Å². The molecule has 1 saturated carbocycles. The predicted octanol–water partition coefficient (Wildman–Crippen LogP) is 4.42. The summed E-state index contributed by atoms with van der Waals surface area (Å²) in [6.45, 7) is 0. The van der Waals surface area contributed by atoms with E-state index in [1.807, 2.05) is 18.2 Å². The second-order valence-corrected chi connectivity index (χ2v) is 5.91. The lowest BCUT2D eigenvalue weighted by molar-refractivity contribution is 0.0937. The molecule has 1 N–H and O–H groups in total. The fourth-order valence-electron chi connectivity index (χ4n) is 3.18.